The van der Waals surface area contributed by atoms with Crippen molar-refractivity contribution in [3.05, 3.63) is 35.4 Å². The van der Waals surface area contributed by atoms with Gasteiger partial charge in [-0.3, -0.25) is 4.79 Å². The maximum absolute atomic E-state index is 11.4. The van der Waals surface area contributed by atoms with Crippen molar-refractivity contribution in [2.24, 2.45) is 0 Å². The number of carbonyl (C=O) groups excluding carboxylic acids is 1. The van der Waals surface area contributed by atoms with Crippen LogP contribution in [0, 0.1) is 0 Å². The highest BCUT2D eigenvalue weighted by molar-refractivity contribution is 5.69. The minimum Gasteiger partial charge on any atom is -0.469 e. The van der Waals surface area contributed by atoms with E-state index in [1.54, 1.807) is 0 Å². The lowest BCUT2D eigenvalue weighted by molar-refractivity contribution is -0.140. The SMILES string of the molecule is COC(=O)CCC1=C[C@@H](O)CC[C@@H]1c1ccc2c(c1)OCO2. The van der Waals surface area contributed by atoms with Crippen molar-refractivity contribution in [1.29, 1.82) is 0 Å². The van der Waals surface area contributed by atoms with Crippen LogP contribution in [-0.2, 0) is 9.53 Å². The molecule has 2 atom stereocenters. The van der Waals surface area contributed by atoms with Gasteiger partial charge in [-0.1, -0.05) is 17.7 Å². The number of ether oxygens (including phenoxy) is 3. The van der Waals surface area contributed by atoms with E-state index in [0.29, 0.717) is 12.8 Å². The number of hydrogen-bond donors (Lipinski definition) is 1. The Bertz CT molecular complexity index is 593. The number of fused-ring (bicyclic) bond motifs is 1. The highest BCUT2D eigenvalue weighted by Crippen LogP contribution is 2.41. The molecule has 0 unspecified atom stereocenters. The normalized spacial score (nSPS) is 23.1. The van der Waals surface area contributed by atoms with E-state index >= 15 is 0 Å². The molecule has 0 aromatic heterocycles. The molecule has 0 saturated carbocycles. The number of esters is 1. The van der Waals surface area contributed by atoms with Crippen LogP contribution in [0.5, 0.6) is 11.5 Å². The number of rotatable bonds is 4. The molecule has 0 bridgehead atoms. The molecular weight excluding hydrogens is 284 g/mol. The molecule has 0 fully saturated rings. The van der Waals surface area contributed by atoms with Crippen LogP contribution in [0.4, 0.5) is 0 Å². The first-order valence-corrected chi connectivity index (χ1v) is 7.52. The summed E-state index contributed by atoms with van der Waals surface area (Å²) >= 11 is 0. The van der Waals surface area contributed by atoms with Gasteiger partial charge < -0.3 is 19.3 Å². The summed E-state index contributed by atoms with van der Waals surface area (Å²) in [7, 11) is 1.39. The topological polar surface area (TPSA) is 65.0 Å². The Morgan fingerprint density at radius 1 is 1.32 bits per heavy atom. The van der Waals surface area contributed by atoms with Crippen molar-refractivity contribution in [3.63, 3.8) is 0 Å². The Morgan fingerprint density at radius 3 is 2.95 bits per heavy atom. The average Bonchev–Trinajstić information content (AvgIpc) is 3.00. The third kappa shape index (κ3) is 3.09. The first-order valence-electron chi connectivity index (χ1n) is 7.52. The van der Waals surface area contributed by atoms with Gasteiger partial charge in [-0.15, -0.1) is 0 Å². The van der Waals surface area contributed by atoms with Gasteiger partial charge in [0.1, 0.15) is 0 Å². The van der Waals surface area contributed by atoms with Gasteiger partial charge >= 0.3 is 5.97 Å². The fourth-order valence-corrected chi connectivity index (χ4v) is 3.09. The lowest BCUT2D eigenvalue weighted by Gasteiger charge is -2.27. The molecule has 1 heterocycles. The standard InChI is InChI=1S/C17H20O5/c1-20-17(19)7-3-11-8-13(18)4-5-14(11)12-2-6-15-16(9-12)22-10-21-15/h2,6,8-9,13-14,18H,3-5,7,10H2,1H3/t13-,14-/m0/s1. The van der Waals surface area contributed by atoms with Crippen molar-refractivity contribution < 1.29 is 24.1 Å². The van der Waals surface area contributed by atoms with Crippen LogP contribution in [0.25, 0.3) is 0 Å². The molecule has 1 aromatic carbocycles. The first kappa shape index (κ1) is 14.9. The quantitative estimate of drug-likeness (QED) is 0.684. The summed E-state index contributed by atoms with van der Waals surface area (Å²) in [6.07, 6.45) is 3.95. The minimum atomic E-state index is -0.432. The van der Waals surface area contributed by atoms with Crippen LogP contribution < -0.4 is 9.47 Å². The van der Waals surface area contributed by atoms with E-state index in [0.717, 1.165) is 35.5 Å². The highest BCUT2D eigenvalue weighted by Gasteiger charge is 2.25. The number of benzene rings is 1. The van der Waals surface area contributed by atoms with Gasteiger partial charge in [-0.2, -0.15) is 0 Å². The number of aliphatic hydroxyl groups excluding tert-OH is 1. The molecule has 0 spiro atoms. The minimum absolute atomic E-state index is 0.197. The van der Waals surface area contributed by atoms with Gasteiger partial charge in [0.25, 0.3) is 0 Å². The first-order chi connectivity index (χ1) is 10.7. The Labute approximate surface area is 129 Å². The summed E-state index contributed by atoms with van der Waals surface area (Å²) in [6.45, 7) is 0.257. The van der Waals surface area contributed by atoms with Gasteiger partial charge in [0.15, 0.2) is 11.5 Å². The zero-order valence-electron chi connectivity index (χ0n) is 12.6. The summed E-state index contributed by atoms with van der Waals surface area (Å²) in [6, 6.07) is 5.94. The molecule has 1 aromatic rings. The van der Waals surface area contributed by atoms with Crippen molar-refractivity contribution in [1.82, 2.24) is 0 Å². The van der Waals surface area contributed by atoms with Crippen molar-refractivity contribution in [2.75, 3.05) is 13.9 Å². The Hall–Kier alpha value is -2.01. The summed E-state index contributed by atoms with van der Waals surface area (Å²) in [5.41, 5.74) is 2.22. The summed E-state index contributed by atoms with van der Waals surface area (Å²) in [5.74, 6) is 1.49. The van der Waals surface area contributed by atoms with Crippen LogP contribution in [0.2, 0.25) is 0 Å². The zero-order valence-corrected chi connectivity index (χ0v) is 12.6. The third-order valence-electron chi connectivity index (χ3n) is 4.25. The molecule has 118 valence electrons. The molecule has 0 saturated heterocycles. The largest absolute Gasteiger partial charge is 0.469 e. The van der Waals surface area contributed by atoms with Crippen LogP contribution in [-0.4, -0.2) is 31.1 Å². The van der Waals surface area contributed by atoms with Crippen molar-refractivity contribution in [2.45, 2.75) is 37.7 Å². The van der Waals surface area contributed by atoms with Crippen LogP contribution >= 0.6 is 0 Å². The molecule has 5 nitrogen and oxygen atoms in total. The number of carbonyl (C=O) groups is 1. The fourth-order valence-electron chi connectivity index (χ4n) is 3.09. The van der Waals surface area contributed by atoms with Crippen LogP contribution in [0.15, 0.2) is 29.8 Å². The van der Waals surface area contributed by atoms with Gasteiger partial charge in [0.2, 0.25) is 6.79 Å². The van der Waals surface area contributed by atoms with E-state index in [1.807, 2.05) is 24.3 Å². The maximum Gasteiger partial charge on any atom is 0.305 e. The molecule has 3 rings (SSSR count). The number of aliphatic hydroxyl groups is 1. The predicted molar refractivity (Wildman–Crippen MR) is 79.9 cm³/mol. The second kappa shape index (κ2) is 6.40. The second-order valence-electron chi connectivity index (χ2n) is 5.63. The number of allylic oxidation sites excluding steroid dienone is 1. The Balaban J connectivity index is 1.81. The van der Waals surface area contributed by atoms with E-state index in [9.17, 15) is 9.90 Å². The van der Waals surface area contributed by atoms with Gasteiger partial charge in [-0.05, 0) is 37.0 Å². The lowest BCUT2D eigenvalue weighted by atomic mass is 9.79. The summed E-state index contributed by atoms with van der Waals surface area (Å²) in [5, 5.41) is 9.88. The number of hydrogen-bond acceptors (Lipinski definition) is 5. The highest BCUT2D eigenvalue weighted by atomic mass is 16.7. The Kier molecular flexibility index (Phi) is 4.34. The molecule has 0 radical (unpaired) electrons. The number of methoxy groups -OCH3 is 1. The van der Waals surface area contributed by atoms with Gasteiger partial charge in [0, 0.05) is 12.3 Å². The molecule has 1 aliphatic carbocycles. The molecule has 1 aliphatic heterocycles. The fraction of sp³-hybridized carbons (Fsp3) is 0.471. The average molecular weight is 304 g/mol. The van der Waals surface area contributed by atoms with E-state index < -0.39 is 6.10 Å². The van der Waals surface area contributed by atoms with E-state index in [4.69, 9.17) is 14.2 Å². The van der Waals surface area contributed by atoms with Gasteiger partial charge in [0.05, 0.1) is 13.2 Å². The van der Waals surface area contributed by atoms with E-state index in [-0.39, 0.29) is 18.7 Å². The second-order valence-corrected chi connectivity index (χ2v) is 5.63. The van der Waals surface area contributed by atoms with Crippen LogP contribution in [0.3, 0.4) is 0 Å². The van der Waals surface area contributed by atoms with Crippen LogP contribution in [0.1, 0.15) is 37.2 Å². The van der Waals surface area contributed by atoms with Crippen molar-refractivity contribution >= 4 is 5.97 Å². The molecule has 22 heavy (non-hydrogen) atoms. The molecule has 5 heteroatoms. The lowest BCUT2D eigenvalue weighted by Crippen LogP contribution is -2.17. The van der Waals surface area contributed by atoms with Gasteiger partial charge in [-0.25, -0.2) is 0 Å². The maximum atomic E-state index is 11.4. The Morgan fingerprint density at radius 2 is 2.14 bits per heavy atom. The summed E-state index contributed by atoms with van der Waals surface area (Å²) < 4.78 is 15.5. The van der Waals surface area contributed by atoms with E-state index in [2.05, 4.69) is 0 Å². The predicted octanol–water partition coefficient (Wildman–Crippen LogP) is 2.53. The zero-order chi connectivity index (χ0) is 15.5. The third-order valence-corrected chi connectivity index (χ3v) is 4.25. The molecule has 2 aliphatic rings. The smallest absolute Gasteiger partial charge is 0.305 e. The molecule has 1 N–H and O–H groups in total. The molecule has 0 amide bonds. The summed E-state index contributed by atoms with van der Waals surface area (Å²) in [4.78, 5) is 11.4. The van der Waals surface area contributed by atoms with E-state index in [1.165, 1.54) is 7.11 Å². The molecular formula is C17H20O5. The van der Waals surface area contributed by atoms with Crippen molar-refractivity contribution in [3.8, 4) is 11.5 Å². The monoisotopic (exact) mass is 304 g/mol.